The second-order valence-corrected chi connectivity index (χ2v) is 4.78. The van der Waals surface area contributed by atoms with E-state index < -0.39 is 0 Å². The van der Waals surface area contributed by atoms with Gasteiger partial charge in [-0.1, -0.05) is 30.3 Å². The topological polar surface area (TPSA) is 48.9 Å². The number of aromatic nitrogens is 2. The Morgan fingerprint density at radius 3 is 2.90 bits per heavy atom. The molecule has 2 N–H and O–H groups in total. The van der Waals surface area contributed by atoms with E-state index in [2.05, 4.69) is 22.6 Å². The lowest BCUT2D eigenvalue weighted by Gasteiger charge is -2.10. The van der Waals surface area contributed by atoms with E-state index in [-0.39, 0.29) is 6.61 Å². The number of rotatable bonds is 4. The molecule has 3 rings (SSSR count). The molecule has 20 heavy (non-hydrogen) atoms. The van der Waals surface area contributed by atoms with E-state index in [9.17, 15) is 5.11 Å². The molecule has 0 saturated heterocycles. The molecule has 0 aliphatic heterocycles. The third kappa shape index (κ3) is 2.24. The lowest BCUT2D eigenvalue weighted by molar-refractivity contribution is 0.282. The molecule has 0 atom stereocenters. The van der Waals surface area contributed by atoms with E-state index in [0.29, 0.717) is 0 Å². The van der Waals surface area contributed by atoms with Crippen LogP contribution in [0.25, 0.3) is 22.2 Å². The van der Waals surface area contributed by atoms with Gasteiger partial charge in [-0.3, -0.25) is 0 Å². The van der Waals surface area contributed by atoms with Crippen LogP contribution in [0.5, 0.6) is 0 Å². The highest BCUT2D eigenvalue weighted by molar-refractivity contribution is 5.82. The zero-order chi connectivity index (χ0) is 13.9. The van der Waals surface area contributed by atoms with Crippen LogP contribution in [0.3, 0.4) is 0 Å². The van der Waals surface area contributed by atoms with Crippen LogP contribution in [-0.4, -0.2) is 15.1 Å². The predicted octanol–water partition coefficient (Wildman–Crippen LogP) is 3.45. The van der Waals surface area contributed by atoms with Crippen LogP contribution in [0, 0.1) is 0 Å². The number of benzene rings is 2. The molecule has 3 aromatic rings. The fraction of sp³-hybridized carbons (Fsp3) is 0.118. The Balaban J connectivity index is 2.14. The van der Waals surface area contributed by atoms with Crippen LogP contribution >= 0.6 is 0 Å². The molecule has 1 heterocycles. The summed E-state index contributed by atoms with van der Waals surface area (Å²) in [6, 6.07) is 12.2. The fourth-order valence-corrected chi connectivity index (χ4v) is 2.42. The van der Waals surface area contributed by atoms with Crippen molar-refractivity contribution in [1.82, 2.24) is 9.97 Å². The molecule has 3 heteroatoms. The summed E-state index contributed by atoms with van der Waals surface area (Å²) in [6.45, 7) is 3.80. The third-order valence-electron chi connectivity index (χ3n) is 3.46. The third-order valence-corrected chi connectivity index (χ3v) is 3.46. The molecule has 100 valence electrons. The second kappa shape index (κ2) is 5.31. The number of nitrogens with one attached hydrogen (secondary N) is 1. The van der Waals surface area contributed by atoms with Gasteiger partial charge in [-0.15, -0.1) is 6.58 Å². The van der Waals surface area contributed by atoms with Crippen molar-refractivity contribution in [3.63, 3.8) is 0 Å². The molecule has 0 amide bonds. The maximum absolute atomic E-state index is 9.53. The first kappa shape index (κ1) is 12.6. The van der Waals surface area contributed by atoms with Crippen LogP contribution in [0.1, 0.15) is 11.1 Å². The van der Waals surface area contributed by atoms with Crippen LogP contribution < -0.4 is 0 Å². The molecule has 0 aliphatic carbocycles. The van der Waals surface area contributed by atoms with Gasteiger partial charge in [0, 0.05) is 0 Å². The summed E-state index contributed by atoms with van der Waals surface area (Å²) in [4.78, 5) is 7.37. The van der Waals surface area contributed by atoms with Crippen molar-refractivity contribution in [3.8, 4) is 11.1 Å². The summed E-state index contributed by atoms with van der Waals surface area (Å²) in [5.41, 5.74) is 6.18. The molecule has 3 nitrogen and oxygen atoms in total. The number of hydrogen-bond acceptors (Lipinski definition) is 2. The predicted molar refractivity (Wildman–Crippen MR) is 81.4 cm³/mol. The van der Waals surface area contributed by atoms with E-state index >= 15 is 0 Å². The molecule has 0 bridgehead atoms. The maximum Gasteiger partial charge on any atom is 0.0931 e. The Kier molecular flexibility index (Phi) is 3.35. The summed E-state index contributed by atoms with van der Waals surface area (Å²) in [5.74, 6) is 0. The van der Waals surface area contributed by atoms with Crippen molar-refractivity contribution in [3.05, 3.63) is 66.5 Å². The number of H-pyrrole nitrogens is 1. The molecule has 0 unspecified atom stereocenters. The second-order valence-electron chi connectivity index (χ2n) is 4.78. The van der Waals surface area contributed by atoms with Gasteiger partial charge >= 0.3 is 0 Å². The van der Waals surface area contributed by atoms with Crippen molar-refractivity contribution in [2.45, 2.75) is 13.0 Å². The molecular weight excluding hydrogens is 248 g/mol. The van der Waals surface area contributed by atoms with Gasteiger partial charge in [0.1, 0.15) is 0 Å². The summed E-state index contributed by atoms with van der Waals surface area (Å²) >= 11 is 0. The smallest absolute Gasteiger partial charge is 0.0931 e. The lowest BCUT2D eigenvalue weighted by atomic mass is 9.96. The number of imidazole rings is 1. The highest BCUT2D eigenvalue weighted by Gasteiger charge is 2.07. The minimum atomic E-state index is 0.0301. The van der Waals surface area contributed by atoms with Gasteiger partial charge in [0.15, 0.2) is 0 Å². The van der Waals surface area contributed by atoms with E-state index in [1.54, 1.807) is 6.33 Å². The van der Waals surface area contributed by atoms with E-state index in [1.807, 2.05) is 36.4 Å². The number of hydrogen-bond donors (Lipinski definition) is 2. The maximum atomic E-state index is 9.53. The normalized spacial score (nSPS) is 10.8. The quantitative estimate of drug-likeness (QED) is 0.709. The summed E-state index contributed by atoms with van der Waals surface area (Å²) in [5, 5.41) is 9.53. The molecule has 0 aliphatic rings. The number of aromatic amines is 1. The molecule has 2 aromatic carbocycles. The number of fused-ring (bicyclic) bond motifs is 1. The Hall–Kier alpha value is -2.39. The Morgan fingerprint density at radius 2 is 2.10 bits per heavy atom. The van der Waals surface area contributed by atoms with Crippen LogP contribution in [0.15, 0.2) is 55.4 Å². The monoisotopic (exact) mass is 264 g/mol. The largest absolute Gasteiger partial charge is 0.392 e. The van der Waals surface area contributed by atoms with Crippen molar-refractivity contribution in [2.24, 2.45) is 0 Å². The summed E-state index contributed by atoms with van der Waals surface area (Å²) in [7, 11) is 0. The minimum absolute atomic E-state index is 0.0301. The van der Waals surface area contributed by atoms with Crippen LogP contribution in [0.2, 0.25) is 0 Å². The minimum Gasteiger partial charge on any atom is -0.392 e. The van der Waals surface area contributed by atoms with Gasteiger partial charge in [-0.25, -0.2) is 4.98 Å². The van der Waals surface area contributed by atoms with E-state index in [4.69, 9.17) is 0 Å². The molecular formula is C17H16N2O. The number of allylic oxidation sites excluding steroid dienone is 1. The number of aliphatic hydroxyl groups is 1. The Labute approximate surface area is 117 Å². The van der Waals surface area contributed by atoms with Crippen LogP contribution in [-0.2, 0) is 13.0 Å². The standard InChI is InChI=1S/C17H16N2O/c1-2-3-12-4-5-14(10-20)15(8-12)13-6-7-16-17(9-13)19-11-18-16/h2,4-9,11,20H,1,3,10H2,(H,18,19). The van der Waals surface area contributed by atoms with Gasteiger partial charge in [-0.2, -0.15) is 0 Å². The van der Waals surface area contributed by atoms with Gasteiger partial charge in [-0.05, 0) is 40.8 Å². The average molecular weight is 264 g/mol. The van der Waals surface area contributed by atoms with Crippen molar-refractivity contribution in [1.29, 1.82) is 0 Å². The first-order chi connectivity index (χ1) is 9.81. The van der Waals surface area contributed by atoms with Gasteiger partial charge in [0.25, 0.3) is 0 Å². The van der Waals surface area contributed by atoms with Crippen molar-refractivity contribution in [2.75, 3.05) is 0 Å². The molecule has 0 spiro atoms. The van der Waals surface area contributed by atoms with Gasteiger partial charge in [0.2, 0.25) is 0 Å². The average Bonchev–Trinajstić information content (AvgIpc) is 2.95. The molecule has 0 saturated carbocycles. The van der Waals surface area contributed by atoms with Crippen molar-refractivity contribution < 1.29 is 5.11 Å². The molecule has 0 radical (unpaired) electrons. The summed E-state index contributed by atoms with van der Waals surface area (Å²) < 4.78 is 0. The fourth-order valence-electron chi connectivity index (χ4n) is 2.42. The molecule has 1 aromatic heterocycles. The van der Waals surface area contributed by atoms with E-state index in [1.165, 1.54) is 5.56 Å². The Morgan fingerprint density at radius 1 is 1.20 bits per heavy atom. The first-order valence-corrected chi connectivity index (χ1v) is 6.59. The zero-order valence-electron chi connectivity index (χ0n) is 11.1. The SMILES string of the molecule is C=CCc1ccc(CO)c(-c2ccc3[nH]cnc3c2)c1. The molecule has 0 fully saturated rings. The zero-order valence-corrected chi connectivity index (χ0v) is 11.1. The first-order valence-electron chi connectivity index (χ1n) is 6.59. The highest BCUT2D eigenvalue weighted by Crippen LogP contribution is 2.27. The van der Waals surface area contributed by atoms with Gasteiger partial charge < -0.3 is 10.1 Å². The van der Waals surface area contributed by atoms with Crippen LogP contribution in [0.4, 0.5) is 0 Å². The van der Waals surface area contributed by atoms with Gasteiger partial charge in [0.05, 0.1) is 24.0 Å². The van der Waals surface area contributed by atoms with E-state index in [0.717, 1.165) is 34.1 Å². The van der Waals surface area contributed by atoms with Crippen molar-refractivity contribution >= 4 is 11.0 Å². The summed E-state index contributed by atoms with van der Waals surface area (Å²) in [6.07, 6.45) is 4.40. The number of nitrogens with zero attached hydrogens (tertiary/aromatic N) is 1. The lowest BCUT2D eigenvalue weighted by Crippen LogP contribution is -1.92. The Bertz CT molecular complexity index is 759. The number of aliphatic hydroxyl groups excluding tert-OH is 1. The highest BCUT2D eigenvalue weighted by atomic mass is 16.3.